The lowest BCUT2D eigenvalue weighted by atomic mass is 10.5. The van der Waals surface area contributed by atoms with Crippen molar-refractivity contribution in [3.8, 4) is 0 Å². The van der Waals surface area contributed by atoms with Gasteiger partial charge in [-0.3, -0.25) is 0 Å². The van der Waals surface area contributed by atoms with Crippen LogP contribution in [0.25, 0.3) is 0 Å². The maximum Gasteiger partial charge on any atom is 0.197 e. The molecule has 0 aliphatic rings. The summed E-state index contributed by atoms with van der Waals surface area (Å²) in [4.78, 5) is 8.00. The second-order valence-corrected chi connectivity index (χ2v) is 3.89. The topological polar surface area (TPSA) is 130 Å². The summed E-state index contributed by atoms with van der Waals surface area (Å²) in [6, 6.07) is 4.85. The second-order valence-electron chi connectivity index (χ2n) is 2.90. The molecule has 0 saturated carbocycles. The molecule has 0 amide bonds. The Labute approximate surface area is 95.5 Å². The highest BCUT2D eigenvalue weighted by molar-refractivity contribution is 7.99. The Morgan fingerprint density at radius 3 is 2.12 bits per heavy atom. The number of hydrogen-bond acceptors (Lipinski definition) is 8. The number of nitrogens with two attached hydrogens (primary N) is 3. The van der Waals surface area contributed by atoms with E-state index in [1.165, 1.54) is 17.8 Å². The van der Waals surface area contributed by atoms with E-state index in [0.29, 0.717) is 27.6 Å². The van der Waals surface area contributed by atoms with Gasteiger partial charge in [-0.15, -0.1) is 10.2 Å². The fraction of sp³-hybridized carbons (Fsp3) is 0. The van der Waals surface area contributed by atoms with Crippen molar-refractivity contribution >= 4 is 29.2 Å². The van der Waals surface area contributed by atoms with Crippen molar-refractivity contribution in [2.45, 2.75) is 10.2 Å². The van der Waals surface area contributed by atoms with Crippen LogP contribution in [0.2, 0.25) is 0 Å². The third-order valence-electron chi connectivity index (χ3n) is 1.60. The monoisotopic (exact) mass is 235 g/mol. The SMILES string of the molecule is Nc1ccc(Sc2nc(N)cc(N)n2)nn1. The molecule has 0 bridgehead atoms. The van der Waals surface area contributed by atoms with Gasteiger partial charge in [-0.2, -0.15) is 0 Å². The minimum Gasteiger partial charge on any atom is -0.383 e. The van der Waals surface area contributed by atoms with E-state index >= 15 is 0 Å². The van der Waals surface area contributed by atoms with Gasteiger partial charge in [0.05, 0.1) is 0 Å². The summed E-state index contributed by atoms with van der Waals surface area (Å²) in [7, 11) is 0. The minimum absolute atomic E-state index is 0.318. The van der Waals surface area contributed by atoms with Gasteiger partial charge >= 0.3 is 0 Å². The molecule has 0 radical (unpaired) electrons. The van der Waals surface area contributed by atoms with Crippen molar-refractivity contribution in [1.29, 1.82) is 0 Å². The molecule has 8 heteroatoms. The molecule has 0 saturated heterocycles. The maximum atomic E-state index is 5.54. The molecule has 2 aromatic rings. The molecule has 0 fully saturated rings. The zero-order valence-electron chi connectivity index (χ0n) is 8.16. The third-order valence-corrected chi connectivity index (χ3v) is 2.39. The van der Waals surface area contributed by atoms with Crippen LogP contribution in [0.4, 0.5) is 17.5 Å². The Hall–Kier alpha value is -2.09. The highest BCUT2D eigenvalue weighted by atomic mass is 32.2. The van der Waals surface area contributed by atoms with Gasteiger partial charge in [0.25, 0.3) is 0 Å². The van der Waals surface area contributed by atoms with Crippen LogP contribution in [-0.2, 0) is 0 Å². The predicted octanol–water partition coefficient (Wildman–Crippen LogP) is 0.164. The molecular formula is C8H9N7S. The van der Waals surface area contributed by atoms with Crippen LogP contribution >= 0.6 is 11.8 Å². The van der Waals surface area contributed by atoms with Crippen LogP contribution in [-0.4, -0.2) is 20.2 Å². The number of aromatic nitrogens is 4. The van der Waals surface area contributed by atoms with E-state index in [1.807, 2.05) is 0 Å². The summed E-state index contributed by atoms with van der Waals surface area (Å²) in [5, 5.41) is 8.62. The Morgan fingerprint density at radius 2 is 1.56 bits per heavy atom. The lowest BCUT2D eigenvalue weighted by Gasteiger charge is -2.01. The first-order chi connectivity index (χ1) is 7.63. The summed E-state index contributed by atoms with van der Waals surface area (Å²) in [5.74, 6) is 0.995. The summed E-state index contributed by atoms with van der Waals surface area (Å²) in [5.41, 5.74) is 16.5. The molecule has 16 heavy (non-hydrogen) atoms. The van der Waals surface area contributed by atoms with Crippen molar-refractivity contribution in [2.75, 3.05) is 17.2 Å². The molecule has 7 nitrogen and oxygen atoms in total. The van der Waals surface area contributed by atoms with E-state index in [9.17, 15) is 0 Å². The Bertz CT molecular complexity index is 478. The summed E-state index contributed by atoms with van der Waals surface area (Å²) >= 11 is 1.21. The molecule has 82 valence electrons. The van der Waals surface area contributed by atoms with Gasteiger partial charge in [-0.25, -0.2) is 9.97 Å². The zero-order chi connectivity index (χ0) is 11.5. The molecule has 6 N–H and O–H groups in total. The molecule has 0 aliphatic carbocycles. The van der Waals surface area contributed by atoms with Gasteiger partial charge in [0.1, 0.15) is 22.5 Å². The average Bonchev–Trinajstić information content (AvgIpc) is 2.20. The molecule has 0 atom stereocenters. The highest BCUT2D eigenvalue weighted by Gasteiger charge is 2.04. The molecule has 2 rings (SSSR count). The zero-order valence-corrected chi connectivity index (χ0v) is 8.98. The quantitative estimate of drug-likeness (QED) is 0.628. The molecule has 2 aromatic heterocycles. The van der Waals surface area contributed by atoms with Crippen LogP contribution in [0.3, 0.4) is 0 Å². The first kappa shape index (κ1) is 10.4. The third kappa shape index (κ3) is 2.48. The number of anilines is 3. The molecule has 0 aliphatic heterocycles. The number of hydrogen-bond donors (Lipinski definition) is 3. The minimum atomic E-state index is 0.318. The number of rotatable bonds is 2. The lowest BCUT2D eigenvalue weighted by Crippen LogP contribution is -1.99. The number of nitrogen functional groups attached to an aromatic ring is 3. The smallest absolute Gasteiger partial charge is 0.197 e. The fourth-order valence-electron chi connectivity index (χ4n) is 0.986. The van der Waals surface area contributed by atoms with E-state index in [1.54, 1.807) is 12.1 Å². The fourth-order valence-corrected chi connectivity index (χ4v) is 1.69. The van der Waals surface area contributed by atoms with Gasteiger partial charge in [0, 0.05) is 6.07 Å². The van der Waals surface area contributed by atoms with Crippen molar-refractivity contribution in [3.05, 3.63) is 18.2 Å². The van der Waals surface area contributed by atoms with E-state index in [0.717, 1.165) is 0 Å². The first-order valence-electron chi connectivity index (χ1n) is 4.30. The molecule has 0 spiro atoms. The highest BCUT2D eigenvalue weighted by Crippen LogP contribution is 2.23. The average molecular weight is 235 g/mol. The van der Waals surface area contributed by atoms with Crippen molar-refractivity contribution < 1.29 is 0 Å². The Balaban J connectivity index is 2.23. The van der Waals surface area contributed by atoms with Crippen LogP contribution in [0, 0.1) is 0 Å². The van der Waals surface area contributed by atoms with E-state index in [-0.39, 0.29) is 0 Å². The van der Waals surface area contributed by atoms with Gasteiger partial charge in [0.2, 0.25) is 0 Å². The van der Waals surface area contributed by atoms with Gasteiger partial charge in [-0.1, -0.05) is 0 Å². The largest absolute Gasteiger partial charge is 0.383 e. The molecule has 0 aromatic carbocycles. The van der Waals surface area contributed by atoms with Gasteiger partial charge in [-0.05, 0) is 23.9 Å². The molecule has 2 heterocycles. The predicted molar refractivity (Wildman–Crippen MR) is 61.4 cm³/mol. The molecular weight excluding hydrogens is 226 g/mol. The summed E-state index contributed by atoms with van der Waals surface area (Å²) in [6.07, 6.45) is 0. The van der Waals surface area contributed by atoms with E-state index in [2.05, 4.69) is 20.2 Å². The van der Waals surface area contributed by atoms with E-state index in [4.69, 9.17) is 17.2 Å². The van der Waals surface area contributed by atoms with Gasteiger partial charge < -0.3 is 17.2 Å². The van der Waals surface area contributed by atoms with Gasteiger partial charge in [0.15, 0.2) is 5.16 Å². The van der Waals surface area contributed by atoms with E-state index < -0.39 is 0 Å². The summed E-state index contributed by atoms with van der Waals surface area (Å²) in [6.45, 7) is 0. The van der Waals surface area contributed by atoms with Crippen molar-refractivity contribution in [3.63, 3.8) is 0 Å². The Morgan fingerprint density at radius 1 is 0.875 bits per heavy atom. The first-order valence-corrected chi connectivity index (χ1v) is 5.12. The lowest BCUT2D eigenvalue weighted by molar-refractivity contribution is 0.923. The van der Waals surface area contributed by atoms with Crippen LogP contribution in [0.15, 0.2) is 28.4 Å². The second kappa shape index (κ2) is 4.19. The van der Waals surface area contributed by atoms with Crippen LogP contribution < -0.4 is 17.2 Å². The standard InChI is InChI=1S/C8H9N7S/c9-4-1-2-7(15-14-4)16-8-12-5(10)3-6(11)13-8/h1-3H,(H2,9,14)(H4,10,11,12,13). The summed E-state index contributed by atoms with van der Waals surface area (Å²) < 4.78 is 0. The normalized spacial score (nSPS) is 10.2. The van der Waals surface area contributed by atoms with Crippen LogP contribution in [0.5, 0.6) is 0 Å². The van der Waals surface area contributed by atoms with Crippen molar-refractivity contribution in [2.24, 2.45) is 0 Å². The number of nitrogens with zero attached hydrogens (tertiary/aromatic N) is 4. The Kier molecular flexibility index (Phi) is 2.73. The maximum absolute atomic E-state index is 5.54. The van der Waals surface area contributed by atoms with Crippen LogP contribution in [0.1, 0.15) is 0 Å². The molecule has 0 unspecified atom stereocenters. The van der Waals surface area contributed by atoms with Crippen molar-refractivity contribution in [1.82, 2.24) is 20.2 Å².